The zero-order valence-corrected chi connectivity index (χ0v) is 6.30. The highest BCUT2D eigenvalue weighted by Crippen LogP contribution is 1.98. The molecule has 0 unspecified atom stereocenters. The maximum absolute atomic E-state index is 10.3. The SMILES string of the molecule is N#C/C(=N\SCC=O)C(N)=O. The lowest BCUT2D eigenvalue weighted by Gasteiger charge is -1.86. The fourth-order valence-electron chi connectivity index (χ4n) is 0.253. The van der Waals surface area contributed by atoms with Gasteiger partial charge in [-0.1, -0.05) is 0 Å². The Hall–Kier alpha value is -1.35. The highest BCUT2D eigenvalue weighted by Gasteiger charge is 2.03. The number of nitrogens with zero attached hydrogens (tertiary/aromatic N) is 2. The highest BCUT2D eigenvalue weighted by atomic mass is 32.2. The summed E-state index contributed by atoms with van der Waals surface area (Å²) in [7, 11) is 0. The molecular weight excluding hydrogens is 166 g/mol. The molecule has 0 aromatic carbocycles. The summed E-state index contributed by atoms with van der Waals surface area (Å²) in [6.07, 6.45) is 0.615. The summed E-state index contributed by atoms with van der Waals surface area (Å²) < 4.78 is 3.40. The average Bonchev–Trinajstić information content (AvgIpc) is 1.97. The lowest BCUT2D eigenvalue weighted by molar-refractivity contribution is -0.112. The van der Waals surface area contributed by atoms with Gasteiger partial charge in [0, 0.05) is 0 Å². The first kappa shape index (κ1) is 9.65. The minimum Gasteiger partial charge on any atom is -0.364 e. The van der Waals surface area contributed by atoms with Crippen LogP contribution in [0, 0.1) is 11.3 Å². The Morgan fingerprint density at radius 1 is 1.82 bits per heavy atom. The first-order valence-corrected chi connectivity index (χ1v) is 3.50. The molecule has 0 aromatic heterocycles. The van der Waals surface area contributed by atoms with Crippen LogP contribution in [-0.2, 0) is 9.59 Å². The molecule has 0 radical (unpaired) electrons. The van der Waals surface area contributed by atoms with Crippen LogP contribution in [0.5, 0.6) is 0 Å². The van der Waals surface area contributed by atoms with Crippen LogP contribution in [0.25, 0.3) is 0 Å². The topological polar surface area (TPSA) is 96.3 Å². The zero-order chi connectivity index (χ0) is 8.69. The van der Waals surface area contributed by atoms with E-state index in [1.165, 1.54) is 6.07 Å². The van der Waals surface area contributed by atoms with Gasteiger partial charge in [-0.2, -0.15) is 9.66 Å². The molecule has 0 heterocycles. The summed E-state index contributed by atoms with van der Waals surface area (Å²) in [6.45, 7) is 0. The Morgan fingerprint density at radius 3 is 2.82 bits per heavy atom. The van der Waals surface area contributed by atoms with E-state index in [1.54, 1.807) is 0 Å². The van der Waals surface area contributed by atoms with Gasteiger partial charge in [-0.15, -0.1) is 0 Å². The Bertz CT molecular complexity index is 230. The number of nitrogens with two attached hydrogens (primary N) is 1. The molecule has 0 bridgehead atoms. The van der Waals surface area contributed by atoms with E-state index >= 15 is 0 Å². The predicted molar refractivity (Wildman–Crippen MR) is 40.8 cm³/mol. The molecule has 2 N–H and O–H groups in total. The molecule has 0 aromatic rings. The van der Waals surface area contributed by atoms with Gasteiger partial charge in [-0.05, 0) is 11.9 Å². The first-order chi connectivity index (χ1) is 5.22. The number of nitriles is 1. The third-order valence-corrected chi connectivity index (χ3v) is 1.23. The summed E-state index contributed by atoms with van der Waals surface area (Å²) in [6, 6.07) is 1.50. The second-order valence-corrected chi connectivity index (χ2v) is 2.15. The standard InChI is InChI=1S/C5H5N3O2S/c6-3-4(5(7)10)8-11-2-1-9/h1H,2H2,(H2,7,10)/b8-4+. The van der Waals surface area contributed by atoms with Gasteiger partial charge in [0.25, 0.3) is 5.91 Å². The molecule has 0 aliphatic carbocycles. The van der Waals surface area contributed by atoms with Crippen LogP contribution in [0.1, 0.15) is 0 Å². The summed E-state index contributed by atoms with van der Waals surface area (Å²) >= 11 is 0.811. The van der Waals surface area contributed by atoms with Gasteiger partial charge < -0.3 is 10.5 Å². The fourth-order valence-corrected chi connectivity index (χ4v) is 0.648. The Balaban J connectivity index is 4.04. The normalized spacial score (nSPS) is 10.3. The van der Waals surface area contributed by atoms with Crippen LogP contribution in [0.4, 0.5) is 0 Å². The van der Waals surface area contributed by atoms with Crippen molar-refractivity contribution < 1.29 is 9.59 Å². The van der Waals surface area contributed by atoms with Crippen molar-refractivity contribution in [1.82, 2.24) is 0 Å². The predicted octanol–water partition coefficient (Wildman–Crippen LogP) is -0.717. The molecule has 1 amide bonds. The van der Waals surface area contributed by atoms with E-state index in [2.05, 4.69) is 4.40 Å². The van der Waals surface area contributed by atoms with Crippen molar-refractivity contribution in [3.63, 3.8) is 0 Å². The molecule has 0 saturated carbocycles. The van der Waals surface area contributed by atoms with Gasteiger partial charge in [0.15, 0.2) is 0 Å². The van der Waals surface area contributed by atoms with E-state index in [0.717, 1.165) is 11.9 Å². The van der Waals surface area contributed by atoms with Crippen molar-refractivity contribution in [2.45, 2.75) is 0 Å². The van der Waals surface area contributed by atoms with Gasteiger partial charge >= 0.3 is 0 Å². The lowest BCUT2D eigenvalue weighted by atomic mass is 10.4. The van der Waals surface area contributed by atoms with Crippen molar-refractivity contribution >= 4 is 29.9 Å². The van der Waals surface area contributed by atoms with Crippen molar-refractivity contribution in [2.75, 3.05) is 5.75 Å². The maximum atomic E-state index is 10.3. The third-order valence-electron chi connectivity index (χ3n) is 0.638. The molecule has 58 valence electrons. The van der Waals surface area contributed by atoms with Crippen LogP contribution in [0.2, 0.25) is 0 Å². The molecule has 0 fully saturated rings. The maximum Gasteiger partial charge on any atom is 0.278 e. The van der Waals surface area contributed by atoms with Crippen molar-refractivity contribution in [3.8, 4) is 6.07 Å². The Morgan fingerprint density at radius 2 is 2.45 bits per heavy atom. The number of carbonyl (C=O) groups excluding carboxylic acids is 2. The van der Waals surface area contributed by atoms with E-state index in [0.29, 0.717) is 6.29 Å². The number of amides is 1. The molecule has 0 aliphatic heterocycles. The number of rotatable bonds is 4. The van der Waals surface area contributed by atoms with E-state index in [-0.39, 0.29) is 11.5 Å². The van der Waals surface area contributed by atoms with Crippen molar-refractivity contribution in [1.29, 1.82) is 5.26 Å². The van der Waals surface area contributed by atoms with Crippen LogP contribution in [-0.4, -0.2) is 23.7 Å². The third kappa shape index (κ3) is 4.11. The van der Waals surface area contributed by atoms with Gasteiger partial charge in [0.1, 0.15) is 12.4 Å². The zero-order valence-electron chi connectivity index (χ0n) is 5.48. The van der Waals surface area contributed by atoms with E-state index < -0.39 is 5.91 Å². The molecule has 6 heteroatoms. The van der Waals surface area contributed by atoms with Crippen molar-refractivity contribution in [2.24, 2.45) is 10.1 Å². The van der Waals surface area contributed by atoms with Crippen LogP contribution < -0.4 is 5.73 Å². The quantitative estimate of drug-likeness (QED) is 0.261. The molecule has 0 aliphatic rings. The monoisotopic (exact) mass is 171 g/mol. The van der Waals surface area contributed by atoms with Gasteiger partial charge in [0.05, 0.1) is 5.75 Å². The number of hydrogen-bond acceptors (Lipinski definition) is 5. The summed E-state index contributed by atoms with van der Waals surface area (Å²) in [5, 5.41) is 8.21. The van der Waals surface area contributed by atoms with Crippen LogP contribution in [0.15, 0.2) is 4.40 Å². The smallest absolute Gasteiger partial charge is 0.278 e. The average molecular weight is 171 g/mol. The summed E-state index contributed by atoms with van der Waals surface area (Å²) in [5.41, 5.74) is 4.36. The van der Waals surface area contributed by atoms with Crippen molar-refractivity contribution in [3.05, 3.63) is 0 Å². The highest BCUT2D eigenvalue weighted by molar-refractivity contribution is 7.98. The van der Waals surface area contributed by atoms with E-state index in [4.69, 9.17) is 11.0 Å². The fraction of sp³-hybridized carbons (Fsp3) is 0.200. The number of carbonyl (C=O) groups is 2. The Labute approximate surface area is 67.4 Å². The molecule has 0 spiro atoms. The minimum absolute atomic E-state index is 0.110. The minimum atomic E-state index is -0.883. The van der Waals surface area contributed by atoms with Crippen LogP contribution in [0.3, 0.4) is 0 Å². The summed E-state index contributed by atoms with van der Waals surface area (Å²) in [4.78, 5) is 20.0. The molecule has 0 saturated heterocycles. The summed E-state index contributed by atoms with van der Waals surface area (Å²) in [5.74, 6) is -0.774. The van der Waals surface area contributed by atoms with Crippen LogP contribution >= 0.6 is 11.9 Å². The van der Waals surface area contributed by atoms with Gasteiger partial charge in [0.2, 0.25) is 5.71 Å². The Kier molecular flexibility index (Phi) is 4.77. The first-order valence-electron chi connectivity index (χ1n) is 2.56. The number of hydrogen-bond donors (Lipinski definition) is 1. The second kappa shape index (κ2) is 5.44. The second-order valence-electron chi connectivity index (χ2n) is 1.38. The van der Waals surface area contributed by atoms with E-state index in [9.17, 15) is 9.59 Å². The molecular formula is C5H5N3O2S. The largest absolute Gasteiger partial charge is 0.364 e. The lowest BCUT2D eigenvalue weighted by Crippen LogP contribution is -2.21. The molecule has 0 atom stereocenters. The molecule has 5 nitrogen and oxygen atoms in total. The molecule has 11 heavy (non-hydrogen) atoms. The van der Waals surface area contributed by atoms with Gasteiger partial charge in [-0.3, -0.25) is 4.79 Å². The number of aldehydes is 1. The van der Waals surface area contributed by atoms with E-state index in [1.807, 2.05) is 0 Å². The van der Waals surface area contributed by atoms with Gasteiger partial charge in [-0.25, -0.2) is 0 Å². The molecule has 0 rings (SSSR count). The number of primary amides is 1.